The van der Waals surface area contributed by atoms with E-state index in [-0.39, 0.29) is 0 Å². The molecule has 1 aromatic heterocycles. The molecule has 0 radical (unpaired) electrons. The fraction of sp³-hybridized carbons (Fsp3) is 0.429. The standard InChI is InChI=1S/C7H10N4O2/c1-4-6-8-9-10-11(6)13-7(12)5(2)3/h2,4H2,1,3H3. The Morgan fingerprint density at radius 1 is 1.69 bits per heavy atom. The van der Waals surface area contributed by atoms with Crippen molar-refractivity contribution in [3.05, 3.63) is 18.0 Å². The molecule has 0 saturated carbocycles. The zero-order chi connectivity index (χ0) is 9.84. The Morgan fingerprint density at radius 3 is 2.92 bits per heavy atom. The Bertz CT molecular complexity index is 331. The Hall–Kier alpha value is -1.72. The van der Waals surface area contributed by atoms with Gasteiger partial charge in [-0.2, -0.15) is 0 Å². The maximum Gasteiger partial charge on any atom is 0.360 e. The fourth-order valence-corrected chi connectivity index (χ4v) is 0.631. The molecule has 0 spiro atoms. The summed E-state index contributed by atoms with van der Waals surface area (Å²) in [5.74, 6) is -0.0448. The van der Waals surface area contributed by atoms with Crippen LogP contribution in [0.3, 0.4) is 0 Å². The van der Waals surface area contributed by atoms with Gasteiger partial charge in [0.15, 0.2) is 5.82 Å². The number of tetrazole rings is 1. The molecule has 1 rings (SSSR count). The van der Waals surface area contributed by atoms with Crippen molar-refractivity contribution >= 4 is 5.97 Å². The highest BCUT2D eigenvalue weighted by molar-refractivity contribution is 5.87. The lowest BCUT2D eigenvalue weighted by atomic mass is 10.4. The van der Waals surface area contributed by atoms with Gasteiger partial charge in [-0.25, -0.2) is 4.79 Å². The molecule has 0 aliphatic carbocycles. The number of hydrogen-bond acceptors (Lipinski definition) is 5. The van der Waals surface area contributed by atoms with Gasteiger partial charge in [0, 0.05) is 12.0 Å². The molecule has 0 amide bonds. The summed E-state index contributed by atoms with van der Waals surface area (Å²) in [6, 6.07) is 0. The van der Waals surface area contributed by atoms with Crippen LogP contribution in [-0.2, 0) is 11.2 Å². The smallest absolute Gasteiger partial charge is 0.311 e. The van der Waals surface area contributed by atoms with Crippen molar-refractivity contribution in [1.29, 1.82) is 0 Å². The van der Waals surface area contributed by atoms with Gasteiger partial charge in [-0.3, -0.25) is 0 Å². The molecule has 0 aromatic carbocycles. The number of nitrogens with zero attached hydrogens (tertiary/aromatic N) is 4. The fourth-order valence-electron chi connectivity index (χ4n) is 0.631. The van der Waals surface area contributed by atoms with Gasteiger partial charge in [-0.05, 0) is 17.4 Å². The summed E-state index contributed by atoms with van der Waals surface area (Å²) in [7, 11) is 0. The van der Waals surface area contributed by atoms with Gasteiger partial charge in [-0.1, -0.05) is 18.3 Å². The number of carbonyl (C=O) groups excluding carboxylic acids is 1. The molecule has 1 heterocycles. The largest absolute Gasteiger partial charge is 0.360 e. The van der Waals surface area contributed by atoms with E-state index in [1.807, 2.05) is 6.92 Å². The molecule has 0 bridgehead atoms. The first-order chi connectivity index (χ1) is 6.15. The van der Waals surface area contributed by atoms with Gasteiger partial charge < -0.3 is 4.84 Å². The molecule has 0 fully saturated rings. The van der Waals surface area contributed by atoms with Gasteiger partial charge in [0.2, 0.25) is 0 Å². The lowest BCUT2D eigenvalue weighted by molar-refractivity contribution is -0.141. The van der Waals surface area contributed by atoms with Crippen LogP contribution in [-0.4, -0.2) is 26.3 Å². The van der Waals surface area contributed by atoms with Gasteiger partial charge in [0.05, 0.1) is 0 Å². The van der Waals surface area contributed by atoms with Crippen LogP contribution >= 0.6 is 0 Å². The molecular weight excluding hydrogens is 172 g/mol. The average Bonchev–Trinajstić information content (AvgIpc) is 2.51. The second-order valence-corrected chi connectivity index (χ2v) is 2.48. The van der Waals surface area contributed by atoms with Crippen LogP contribution in [0.5, 0.6) is 0 Å². The zero-order valence-corrected chi connectivity index (χ0v) is 7.52. The predicted octanol–water partition coefficient (Wildman–Crippen LogP) is -0.233. The molecule has 6 heteroatoms. The topological polar surface area (TPSA) is 69.9 Å². The molecule has 0 saturated heterocycles. The number of aromatic nitrogens is 4. The van der Waals surface area contributed by atoms with Crippen LogP contribution in [0.25, 0.3) is 0 Å². The summed E-state index contributed by atoms with van der Waals surface area (Å²) >= 11 is 0. The summed E-state index contributed by atoms with van der Waals surface area (Å²) in [4.78, 5) is 16.8. The van der Waals surface area contributed by atoms with Gasteiger partial charge in [0.25, 0.3) is 0 Å². The Balaban J connectivity index is 2.74. The Kier molecular flexibility index (Phi) is 2.73. The lowest BCUT2D eigenvalue weighted by Crippen LogP contribution is -2.23. The minimum absolute atomic E-state index is 0.303. The minimum Gasteiger partial charge on any atom is -0.311 e. The molecule has 6 nitrogen and oxygen atoms in total. The van der Waals surface area contributed by atoms with Crippen LogP contribution in [0.2, 0.25) is 0 Å². The van der Waals surface area contributed by atoms with Gasteiger partial charge in [0.1, 0.15) is 0 Å². The van der Waals surface area contributed by atoms with Crippen molar-refractivity contribution in [2.45, 2.75) is 20.3 Å². The first-order valence-electron chi connectivity index (χ1n) is 3.80. The highest BCUT2D eigenvalue weighted by Crippen LogP contribution is 1.93. The third kappa shape index (κ3) is 2.11. The van der Waals surface area contributed by atoms with Crippen LogP contribution in [0.4, 0.5) is 0 Å². The van der Waals surface area contributed by atoms with Crippen LogP contribution in [0.1, 0.15) is 19.7 Å². The van der Waals surface area contributed by atoms with E-state index in [1.165, 1.54) is 0 Å². The maximum atomic E-state index is 11.0. The van der Waals surface area contributed by atoms with E-state index >= 15 is 0 Å². The van der Waals surface area contributed by atoms with Crippen molar-refractivity contribution < 1.29 is 9.63 Å². The van der Waals surface area contributed by atoms with E-state index < -0.39 is 5.97 Å². The summed E-state index contributed by atoms with van der Waals surface area (Å²) in [5.41, 5.74) is 0.303. The van der Waals surface area contributed by atoms with Gasteiger partial charge >= 0.3 is 5.97 Å². The first-order valence-corrected chi connectivity index (χ1v) is 3.80. The minimum atomic E-state index is -0.540. The highest BCUT2D eigenvalue weighted by Gasteiger charge is 2.10. The van der Waals surface area contributed by atoms with Crippen LogP contribution in [0.15, 0.2) is 12.2 Å². The number of hydrogen-bond donors (Lipinski definition) is 0. The first kappa shape index (κ1) is 9.37. The molecule has 0 atom stereocenters. The monoisotopic (exact) mass is 182 g/mol. The van der Waals surface area contributed by atoms with Crippen molar-refractivity contribution in [1.82, 2.24) is 20.4 Å². The second-order valence-electron chi connectivity index (χ2n) is 2.48. The van der Waals surface area contributed by atoms with E-state index in [1.54, 1.807) is 6.92 Å². The number of rotatable bonds is 3. The SMILES string of the molecule is C=C(C)C(=O)On1nnnc1CC. The van der Waals surface area contributed by atoms with Crippen molar-refractivity contribution in [2.75, 3.05) is 0 Å². The normalized spacial score (nSPS) is 9.69. The average molecular weight is 182 g/mol. The van der Waals surface area contributed by atoms with E-state index in [2.05, 4.69) is 22.1 Å². The second kappa shape index (κ2) is 3.79. The summed E-state index contributed by atoms with van der Waals surface area (Å²) in [6.45, 7) is 6.85. The zero-order valence-electron chi connectivity index (χ0n) is 7.52. The molecule has 0 aliphatic heterocycles. The summed E-state index contributed by atoms with van der Waals surface area (Å²) < 4.78 is 0. The molecule has 1 aromatic rings. The third-order valence-electron chi connectivity index (χ3n) is 1.34. The van der Waals surface area contributed by atoms with E-state index in [0.29, 0.717) is 17.8 Å². The molecule has 0 aliphatic rings. The highest BCUT2D eigenvalue weighted by atomic mass is 16.7. The molecule has 0 N–H and O–H groups in total. The predicted molar refractivity (Wildman–Crippen MR) is 43.6 cm³/mol. The lowest BCUT2D eigenvalue weighted by Gasteiger charge is -2.01. The van der Waals surface area contributed by atoms with Crippen LogP contribution in [0, 0.1) is 0 Å². The molecule has 0 unspecified atom stereocenters. The summed E-state index contributed by atoms with van der Waals surface area (Å²) in [5, 5.41) is 10.5. The third-order valence-corrected chi connectivity index (χ3v) is 1.34. The van der Waals surface area contributed by atoms with E-state index in [0.717, 1.165) is 4.85 Å². The number of aryl methyl sites for hydroxylation is 1. The van der Waals surface area contributed by atoms with Crippen molar-refractivity contribution in [2.24, 2.45) is 0 Å². The maximum absolute atomic E-state index is 11.0. The van der Waals surface area contributed by atoms with Gasteiger partial charge in [-0.15, -0.1) is 5.10 Å². The Morgan fingerprint density at radius 2 is 2.38 bits per heavy atom. The molecule has 13 heavy (non-hydrogen) atoms. The Labute approximate surface area is 75.1 Å². The van der Waals surface area contributed by atoms with E-state index in [9.17, 15) is 4.79 Å². The van der Waals surface area contributed by atoms with Crippen LogP contribution < -0.4 is 4.84 Å². The van der Waals surface area contributed by atoms with Crippen molar-refractivity contribution in [3.63, 3.8) is 0 Å². The van der Waals surface area contributed by atoms with Crippen molar-refractivity contribution in [3.8, 4) is 0 Å². The molecule has 70 valence electrons. The quantitative estimate of drug-likeness (QED) is 0.477. The number of carbonyl (C=O) groups is 1. The summed E-state index contributed by atoms with van der Waals surface area (Å²) in [6.07, 6.45) is 0.594. The molecular formula is C7H10N4O2. The van der Waals surface area contributed by atoms with E-state index in [4.69, 9.17) is 4.84 Å².